The van der Waals surface area contributed by atoms with Gasteiger partial charge in [0.1, 0.15) is 11.8 Å². The summed E-state index contributed by atoms with van der Waals surface area (Å²) in [6.45, 7) is -0.527. The maximum Gasteiger partial charge on any atom is 0.249 e. The summed E-state index contributed by atoms with van der Waals surface area (Å²) in [5, 5.41) is 10.0. The number of benzene rings is 2. The molecule has 0 unspecified atom stereocenters. The standard InChI is InChI=1S/C28H26F5N3O4S/c29-22-23(30)25(32)27(26(33)24(22)31)41(39,40)36-12-11-21(36)28(38)35(19-7-4-8-20(37)13-19)15-18-10-9-17(14-34-18)16-5-2-1-3-6-16/h4,7-10,13-14,16,21,37H,1-3,5-6,11-12,15H2/t21-/m1/s1. The molecule has 218 valence electrons. The Morgan fingerprint density at radius 2 is 1.59 bits per heavy atom. The Morgan fingerprint density at radius 3 is 2.15 bits per heavy atom. The summed E-state index contributed by atoms with van der Waals surface area (Å²) in [5.41, 5.74) is 1.71. The lowest BCUT2D eigenvalue weighted by Crippen LogP contribution is -2.59. The number of nitrogens with zero attached hydrogens (tertiary/aromatic N) is 3. The lowest BCUT2D eigenvalue weighted by atomic mass is 9.85. The van der Waals surface area contributed by atoms with Crippen LogP contribution in [0.4, 0.5) is 27.6 Å². The lowest BCUT2D eigenvalue weighted by molar-refractivity contribution is -0.125. The molecule has 5 rings (SSSR count). The first-order chi connectivity index (χ1) is 19.5. The topological polar surface area (TPSA) is 90.8 Å². The largest absolute Gasteiger partial charge is 0.508 e. The number of carbonyl (C=O) groups is 1. The van der Waals surface area contributed by atoms with Gasteiger partial charge in [-0.25, -0.2) is 30.4 Å². The van der Waals surface area contributed by atoms with Crippen LogP contribution in [0.25, 0.3) is 0 Å². The molecule has 2 aliphatic rings. The number of rotatable bonds is 7. The minimum Gasteiger partial charge on any atom is -0.508 e. The van der Waals surface area contributed by atoms with E-state index in [4.69, 9.17) is 0 Å². The van der Waals surface area contributed by atoms with Gasteiger partial charge < -0.3 is 10.0 Å². The van der Waals surface area contributed by atoms with Crippen LogP contribution in [0.2, 0.25) is 0 Å². The van der Waals surface area contributed by atoms with Gasteiger partial charge in [-0.2, -0.15) is 4.31 Å². The van der Waals surface area contributed by atoms with Gasteiger partial charge in [-0.1, -0.05) is 31.4 Å². The van der Waals surface area contributed by atoms with Crippen LogP contribution in [0.15, 0.2) is 47.5 Å². The molecule has 2 heterocycles. The average Bonchev–Trinajstić information content (AvgIpc) is 2.93. The number of carbonyl (C=O) groups excluding carboxylic acids is 1. The van der Waals surface area contributed by atoms with Crippen LogP contribution >= 0.6 is 0 Å². The highest BCUT2D eigenvalue weighted by Crippen LogP contribution is 2.36. The first-order valence-corrected chi connectivity index (χ1v) is 14.5. The normalized spacial score (nSPS) is 18.2. The zero-order chi connectivity index (χ0) is 29.5. The van der Waals surface area contributed by atoms with Crippen LogP contribution in [0.3, 0.4) is 0 Å². The van der Waals surface area contributed by atoms with E-state index in [9.17, 15) is 40.3 Å². The summed E-state index contributed by atoms with van der Waals surface area (Å²) < 4.78 is 96.6. The number of aromatic nitrogens is 1. The highest BCUT2D eigenvalue weighted by Gasteiger charge is 2.48. The van der Waals surface area contributed by atoms with Crippen molar-refractivity contribution in [3.05, 3.63) is 82.9 Å². The van der Waals surface area contributed by atoms with Crippen molar-refractivity contribution in [1.29, 1.82) is 0 Å². The number of phenols is 1. The summed E-state index contributed by atoms with van der Waals surface area (Å²) >= 11 is 0. The highest BCUT2D eigenvalue weighted by atomic mass is 32.2. The van der Waals surface area contributed by atoms with Gasteiger partial charge in [-0.05, 0) is 48.9 Å². The van der Waals surface area contributed by atoms with Crippen molar-refractivity contribution in [2.24, 2.45) is 0 Å². The average molecular weight is 596 g/mol. The fourth-order valence-electron chi connectivity index (χ4n) is 5.33. The van der Waals surface area contributed by atoms with Gasteiger partial charge in [-0.3, -0.25) is 9.78 Å². The first kappa shape index (κ1) is 28.9. The van der Waals surface area contributed by atoms with Gasteiger partial charge in [0.2, 0.25) is 21.7 Å². The molecule has 41 heavy (non-hydrogen) atoms. The predicted octanol–water partition coefficient (Wildman–Crippen LogP) is 5.53. The summed E-state index contributed by atoms with van der Waals surface area (Å²) in [6, 6.07) is 7.77. The van der Waals surface area contributed by atoms with E-state index in [1.807, 2.05) is 6.07 Å². The lowest BCUT2D eigenvalue weighted by Gasteiger charge is -2.41. The molecule has 7 nitrogen and oxygen atoms in total. The molecule has 1 N–H and O–H groups in total. The Bertz CT molecular complexity index is 1550. The first-order valence-electron chi connectivity index (χ1n) is 13.1. The third kappa shape index (κ3) is 5.40. The fourth-order valence-corrected chi connectivity index (χ4v) is 7.08. The Labute approximate surface area is 233 Å². The van der Waals surface area contributed by atoms with E-state index < -0.39 is 56.0 Å². The molecule has 0 bridgehead atoms. The molecular formula is C28H26F5N3O4S. The van der Waals surface area contributed by atoms with Crippen LogP contribution in [-0.4, -0.2) is 41.3 Å². The number of hydrogen-bond acceptors (Lipinski definition) is 5. The van der Waals surface area contributed by atoms with Crippen LogP contribution in [-0.2, 0) is 21.4 Å². The zero-order valence-corrected chi connectivity index (χ0v) is 22.5. The minimum atomic E-state index is -5.31. The molecule has 13 heteroatoms. The summed E-state index contributed by atoms with van der Waals surface area (Å²) in [6.07, 6.45) is 7.25. The van der Waals surface area contributed by atoms with E-state index in [0.717, 1.165) is 36.1 Å². The third-order valence-electron chi connectivity index (χ3n) is 7.64. The maximum atomic E-state index is 14.4. The molecule has 2 fully saturated rings. The maximum absolute atomic E-state index is 14.4. The number of sulfonamides is 1. The smallest absolute Gasteiger partial charge is 0.249 e. The Morgan fingerprint density at radius 1 is 0.927 bits per heavy atom. The number of phenolic OH excluding ortho intramolecular Hbond substituents is 1. The van der Waals surface area contributed by atoms with Crippen molar-refractivity contribution in [1.82, 2.24) is 9.29 Å². The molecule has 3 aromatic rings. The molecule has 2 aromatic carbocycles. The molecule has 1 saturated carbocycles. The van der Waals surface area contributed by atoms with E-state index in [1.54, 1.807) is 12.3 Å². The van der Waals surface area contributed by atoms with Gasteiger partial charge in [0.15, 0.2) is 28.2 Å². The fraction of sp³-hybridized carbons (Fsp3) is 0.357. The van der Waals surface area contributed by atoms with Gasteiger partial charge in [0, 0.05) is 24.5 Å². The van der Waals surface area contributed by atoms with Crippen LogP contribution in [0.1, 0.15) is 55.7 Å². The third-order valence-corrected chi connectivity index (χ3v) is 9.57. The SMILES string of the molecule is O=C([C@H]1CCN1S(=O)(=O)c1c(F)c(F)c(F)c(F)c1F)N(Cc1ccc(C2CCCCC2)cn1)c1cccc(O)c1. The second kappa shape index (κ2) is 11.4. The molecule has 1 amide bonds. The predicted molar refractivity (Wildman–Crippen MR) is 138 cm³/mol. The van der Waals surface area contributed by atoms with Gasteiger partial charge in [0.05, 0.1) is 12.2 Å². The van der Waals surface area contributed by atoms with Crippen molar-refractivity contribution >= 4 is 21.6 Å². The molecule has 1 aliphatic carbocycles. The molecular weight excluding hydrogens is 569 g/mol. The zero-order valence-electron chi connectivity index (χ0n) is 21.7. The number of halogens is 5. The second-order valence-electron chi connectivity index (χ2n) is 10.2. The van der Waals surface area contributed by atoms with E-state index in [0.29, 0.717) is 15.9 Å². The molecule has 0 radical (unpaired) electrons. The van der Waals surface area contributed by atoms with E-state index in [-0.39, 0.29) is 30.9 Å². The van der Waals surface area contributed by atoms with Crippen molar-refractivity contribution in [3.8, 4) is 5.75 Å². The monoisotopic (exact) mass is 595 g/mol. The van der Waals surface area contributed by atoms with E-state index >= 15 is 0 Å². The molecule has 1 atom stereocenters. The van der Waals surface area contributed by atoms with Crippen molar-refractivity contribution < 1.29 is 40.3 Å². The molecule has 0 spiro atoms. The molecule has 1 aromatic heterocycles. The Balaban J connectivity index is 1.45. The van der Waals surface area contributed by atoms with E-state index in [2.05, 4.69) is 4.98 Å². The number of aromatic hydroxyl groups is 1. The summed E-state index contributed by atoms with van der Waals surface area (Å²) in [7, 11) is -5.31. The number of amides is 1. The molecule has 1 aliphatic heterocycles. The van der Waals surface area contributed by atoms with Crippen LogP contribution in [0.5, 0.6) is 5.75 Å². The minimum absolute atomic E-state index is 0.0726. The number of pyridine rings is 1. The number of anilines is 1. The Hall–Kier alpha value is -3.58. The van der Waals surface area contributed by atoms with Gasteiger partial charge in [0.25, 0.3) is 0 Å². The van der Waals surface area contributed by atoms with Gasteiger partial charge in [-0.15, -0.1) is 0 Å². The van der Waals surface area contributed by atoms with Gasteiger partial charge >= 0.3 is 0 Å². The van der Waals surface area contributed by atoms with Crippen LogP contribution in [0, 0.1) is 29.1 Å². The van der Waals surface area contributed by atoms with Crippen LogP contribution < -0.4 is 4.90 Å². The number of hydrogen-bond donors (Lipinski definition) is 1. The Kier molecular flexibility index (Phi) is 8.02. The quantitative estimate of drug-likeness (QED) is 0.221. The second-order valence-corrected chi connectivity index (χ2v) is 12.0. The van der Waals surface area contributed by atoms with E-state index in [1.165, 1.54) is 30.7 Å². The van der Waals surface area contributed by atoms with Crippen molar-refractivity contribution in [2.75, 3.05) is 11.4 Å². The van der Waals surface area contributed by atoms with Crippen molar-refractivity contribution in [2.45, 2.75) is 61.9 Å². The summed E-state index contributed by atoms with van der Waals surface area (Å²) in [5.74, 6) is -12.9. The highest BCUT2D eigenvalue weighted by molar-refractivity contribution is 7.89. The molecule has 1 saturated heterocycles. The summed E-state index contributed by atoms with van der Waals surface area (Å²) in [4.78, 5) is 17.3. The van der Waals surface area contributed by atoms with Crippen molar-refractivity contribution in [3.63, 3.8) is 0 Å².